The fourth-order valence-electron chi connectivity index (χ4n) is 4.89. The van der Waals surface area contributed by atoms with Crippen LogP contribution in [0.15, 0.2) is 73.3 Å². The quantitative estimate of drug-likeness (QED) is 0.459. The van der Waals surface area contributed by atoms with Crippen LogP contribution in [-0.4, -0.2) is 38.7 Å². The number of nitrogens with zero attached hydrogens (tertiary/aromatic N) is 5. The van der Waals surface area contributed by atoms with Crippen LogP contribution in [0.1, 0.15) is 24.0 Å². The first-order chi connectivity index (χ1) is 16.2. The lowest BCUT2D eigenvalue weighted by atomic mass is 9.97. The van der Waals surface area contributed by atoms with Gasteiger partial charge in [0, 0.05) is 31.2 Å². The monoisotopic (exact) mass is 436 g/mol. The van der Waals surface area contributed by atoms with Crippen molar-refractivity contribution in [1.82, 2.24) is 19.7 Å². The SMILES string of the molecule is O=C(Nc1ccc2c(c1)Cc1ccccc1-2)C1CCCN(c2ccc(-n3ccnc3)nn2)C1. The number of anilines is 2. The first kappa shape index (κ1) is 19.7. The Bertz CT molecular complexity index is 1300. The molecule has 164 valence electrons. The molecule has 4 aromatic rings. The number of rotatable bonds is 4. The van der Waals surface area contributed by atoms with Crippen LogP contribution in [-0.2, 0) is 11.2 Å². The topological polar surface area (TPSA) is 75.9 Å². The third kappa shape index (κ3) is 3.75. The minimum Gasteiger partial charge on any atom is -0.354 e. The summed E-state index contributed by atoms with van der Waals surface area (Å²) in [7, 11) is 0. The van der Waals surface area contributed by atoms with E-state index in [9.17, 15) is 4.79 Å². The third-order valence-corrected chi connectivity index (χ3v) is 6.58. The maximum atomic E-state index is 13.1. The molecule has 6 rings (SSSR count). The molecule has 2 aliphatic rings. The molecule has 0 radical (unpaired) electrons. The van der Waals surface area contributed by atoms with Gasteiger partial charge < -0.3 is 10.2 Å². The average Bonchev–Trinajstić information content (AvgIpc) is 3.52. The Labute approximate surface area is 192 Å². The van der Waals surface area contributed by atoms with E-state index in [0.717, 1.165) is 43.1 Å². The second kappa shape index (κ2) is 8.16. The van der Waals surface area contributed by atoms with Crippen LogP contribution >= 0.6 is 0 Å². The van der Waals surface area contributed by atoms with Crippen molar-refractivity contribution in [1.29, 1.82) is 0 Å². The summed E-state index contributed by atoms with van der Waals surface area (Å²) in [5.41, 5.74) is 6.05. The Morgan fingerprint density at radius 3 is 2.67 bits per heavy atom. The van der Waals surface area contributed by atoms with E-state index in [1.165, 1.54) is 22.3 Å². The van der Waals surface area contributed by atoms with Crippen molar-refractivity contribution < 1.29 is 4.79 Å². The van der Waals surface area contributed by atoms with Gasteiger partial charge >= 0.3 is 0 Å². The van der Waals surface area contributed by atoms with Gasteiger partial charge in [0.25, 0.3) is 0 Å². The number of benzene rings is 2. The molecule has 7 heteroatoms. The van der Waals surface area contributed by atoms with Gasteiger partial charge in [-0.1, -0.05) is 30.3 Å². The predicted molar refractivity (Wildman–Crippen MR) is 127 cm³/mol. The first-order valence-electron chi connectivity index (χ1n) is 11.3. The molecular formula is C26H24N6O. The highest BCUT2D eigenvalue weighted by Crippen LogP contribution is 2.37. The largest absolute Gasteiger partial charge is 0.354 e. The second-order valence-corrected chi connectivity index (χ2v) is 8.70. The van der Waals surface area contributed by atoms with Gasteiger partial charge in [0.15, 0.2) is 11.6 Å². The van der Waals surface area contributed by atoms with E-state index >= 15 is 0 Å². The third-order valence-electron chi connectivity index (χ3n) is 6.58. The van der Waals surface area contributed by atoms with Gasteiger partial charge in [0.05, 0.1) is 5.92 Å². The number of imidazole rings is 1. The minimum absolute atomic E-state index is 0.0677. The summed E-state index contributed by atoms with van der Waals surface area (Å²) < 4.78 is 1.82. The molecule has 0 bridgehead atoms. The molecule has 1 aliphatic heterocycles. The number of hydrogen-bond acceptors (Lipinski definition) is 5. The van der Waals surface area contributed by atoms with Crippen molar-refractivity contribution >= 4 is 17.4 Å². The number of nitrogens with one attached hydrogen (secondary N) is 1. The number of hydrogen-bond donors (Lipinski definition) is 1. The highest BCUT2D eigenvalue weighted by Gasteiger charge is 2.27. The molecule has 0 saturated carbocycles. The van der Waals surface area contributed by atoms with Crippen molar-refractivity contribution in [3.05, 3.63) is 84.4 Å². The molecule has 0 spiro atoms. The summed E-state index contributed by atoms with van der Waals surface area (Å²) in [5.74, 6) is 1.51. The van der Waals surface area contributed by atoms with Gasteiger partial charge in [-0.15, -0.1) is 10.2 Å². The van der Waals surface area contributed by atoms with Crippen LogP contribution in [0.25, 0.3) is 16.9 Å². The van der Waals surface area contributed by atoms with E-state index in [2.05, 4.69) is 61.8 Å². The van der Waals surface area contributed by atoms with Crippen molar-refractivity contribution in [3.63, 3.8) is 0 Å². The van der Waals surface area contributed by atoms with E-state index in [1.807, 2.05) is 29.0 Å². The molecule has 1 unspecified atom stereocenters. The molecule has 2 aromatic carbocycles. The minimum atomic E-state index is -0.0840. The lowest BCUT2D eigenvalue weighted by Gasteiger charge is -2.32. The molecular weight excluding hydrogens is 412 g/mol. The summed E-state index contributed by atoms with van der Waals surface area (Å²) in [5, 5.41) is 11.9. The van der Waals surface area contributed by atoms with Gasteiger partial charge in [-0.3, -0.25) is 9.36 Å². The number of carbonyl (C=O) groups is 1. The number of amides is 1. The average molecular weight is 437 g/mol. The first-order valence-corrected chi connectivity index (χ1v) is 11.3. The Morgan fingerprint density at radius 1 is 0.970 bits per heavy atom. The van der Waals surface area contributed by atoms with Crippen LogP contribution in [0.4, 0.5) is 11.5 Å². The lowest BCUT2D eigenvalue weighted by Crippen LogP contribution is -2.41. The van der Waals surface area contributed by atoms with E-state index in [0.29, 0.717) is 6.54 Å². The summed E-state index contributed by atoms with van der Waals surface area (Å²) in [6.45, 7) is 1.52. The van der Waals surface area contributed by atoms with Crippen LogP contribution in [0.2, 0.25) is 0 Å². The van der Waals surface area contributed by atoms with Crippen LogP contribution < -0.4 is 10.2 Å². The van der Waals surface area contributed by atoms with Gasteiger partial charge in [-0.05, 0) is 65.8 Å². The van der Waals surface area contributed by atoms with Gasteiger partial charge in [0.2, 0.25) is 5.91 Å². The molecule has 3 heterocycles. The van der Waals surface area contributed by atoms with E-state index in [1.54, 1.807) is 12.5 Å². The van der Waals surface area contributed by atoms with Gasteiger partial charge in [-0.25, -0.2) is 4.98 Å². The maximum absolute atomic E-state index is 13.1. The van der Waals surface area contributed by atoms with E-state index < -0.39 is 0 Å². The number of carbonyl (C=O) groups excluding carboxylic acids is 1. The van der Waals surface area contributed by atoms with Crippen LogP contribution in [0, 0.1) is 5.92 Å². The molecule has 1 atom stereocenters. The fraction of sp³-hybridized carbons (Fsp3) is 0.231. The highest BCUT2D eigenvalue weighted by atomic mass is 16.1. The van der Waals surface area contributed by atoms with E-state index in [4.69, 9.17) is 0 Å². The number of piperidine rings is 1. The van der Waals surface area contributed by atoms with Crippen LogP contribution in [0.3, 0.4) is 0 Å². The Morgan fingerprint density at radius 2 is 1.82 bits per heavy atom. The zero-order valence-corrected chi connectivity index (χ0v) is 18.2. The smallest absolute Gasteiger partial charge is 0.229 e. The predicted octanol–water partition coefficient (Wildman–Crippen LogP) is 4.09. The molecule has 1 fully saturated rings. The van der Waals surface area contributed by atoms with Gasteiger partial charge in [0.1, 0.15) is 6.33 Å². The zero-order chi connectivity index (χ0) is 22.2. The normalized spacial score (nSPS) is 16.8. The molecule has 1 aliphatic carbocycles. The Hall–Kier alpha value is -4.00. The maximum Gasteiger partial charge on any atom is 0.229 e. The Balaban J connectivity index is 1.13. The number of aromatic nitrogens is 4. The van der Waals surface area contributed by atoms with Crippen molar-refractivity contribution in [2.75, 3.05) is 23.3 Å². The van der Waals surface area contributed by atoms with Gasteiger partial charge in [-0.2, -0.15) is 0 Å². The van der Waals surface area contributed by atoms with E-state index in [-0.39, 0.29) is 11.8 Å². The van der Waals surface area contributed by atoms with Crippen molar-refractivity contribution in [3.8, 4) is 16.9 Å². The van der Waals surface area contributed by atoms with Crippen molar-refractivity contribution in [2.45, 2.75) is 19.3 Å². The molecule has 33 heavy (non-hydrogen) atoms. The molecule has 1 saturated heterocycles. The molecule has 1 N–H and O–H groups in total. The Kier molecular flexibility index (Phi) is 4.87. The summed E-state index contributed by atoms with van der Waals surface area (Å²) in [4.78, 5) is 19.3. The lowest BCUT2D eigenvalue weighted by molar-refractivity contribution is -0.120. The summed E-state index contributed by atoms with van der Waals surface area (Å²) in [6, 6.07) is 18.6. The molecule has 7 nitrogen and oxygen atoms in total. The number of fused-ring (bicyclic) bond motifs is 3. The zero-order valence-electron chi connectivity index (χ0n) is 18.2. The van der Waals surface area contributed by atoms with Crippen molar-refractivity contribution in [2.24, 2.45) is 5.92 Å². The summed E-state index contributed by atoms with van der Waals surface area (Å²) in [6.07, 6.45) is 7.98. The second-order valence-electron chi connectivity index (χ2n) is 8.70. The highest BCUT2D eigenvalue weighted by molar-refractivity contribution is 5.94. The fourth-order valence-corrected chi connectivity index (χ4v) is 4.89. The van der Waals surface area contributed by atoms with Crippen LogP contribution in [0.5, 0.6) is 0 Å². The summed E-state index contributed by atoms with van der Waals surface area (Å²) >= 11 is 0. The molecule has 2 aromatic heterocycles. The standard InChI is InChI=1S/C26H24N6O/c33-26(28-21-7-8-23-20(15-21)14-18-4-1-2-6-22(18)23)19-5-3-12-31(16-19)24-9-10-25(30-29-24)32-13-11-27-17-32/h1-2,4,6-11,13,15,17,19H,3,5,12,14,16H2,(H,28,33). The molecule has 1 amide bonds.